The highest BCUT2D eigenvalue weighted by atomic mass is 28.4. The van der Waals surface area contributed by atoms with Crippen LogP contribution in [0.2, 0.25) is 18.1 Å². The van der Waals surface area contributed by atoms with E-state index in [1.54, 1.807) is 0 Å². The molecule has 0 amide bonds. The summed E-state index contributed by atoms with van der Waals surface area (Å²) in [7, 11) is -1.64. The van der Waals surface area contributed by atoms with Gasteiger partial charge in [0.1, 0.15) is 6.61 Å². The minimum Gasteiger partial charge on any atom is -0.461 e. The van der Waals surface area contributed by atoms with Crippen molar-refractivity contribution in [1.82, 2.24) is 0 Å². The van der Waals surface area contributed by atoms with Crippen LogP contribution in [0.4, 0.5) is 0 Å². The van der Waals surface area contributed by atoms with Gasteiger partial charge in [-0.3, -0.25) is 4.79 Å². The predicted octanol–water partition coefficient (Wildman–Crippen LogP) is 5.17. The van der Waals surface area contributed by atoms with Crippen molar-refractivity contribution in [2.75, 3.05) is 6.61 Å². The zero-order valence-corrected chi connectivity index (χ0v) is 16.8. The maximum absolute atomic E-state index is 11.9. The van der Waals surface area contributed by atoms with E-state index in [0.717, 1.165) is 25.0 Å². The number of carbonyl (C=O) groups excluding carboxylic acids is 1. The van der Waals surface area contributed by atoms with Gasteiger partial charge in [0.2, 0.25) is 0 Å². The number of hydrogen-bond acceptors (Lipinski definition) is 3. The smallest absolute Gasteiger partial charge is 0.306 e. The highest BCUT2D eigenvalue weighted by molar-refractivity contribution is 6.74. The van der Waals surface area contributed by atoms with E-state index in [0.29, 0.717) is 24.9 Å². The van der Waals surface area contributed by atoms with Gasteiger partial charge in [-0.15, -0.1) is 0 Å². The topological polar surface area (TPSA) is 35.5 Å². The van der Waals surface area contributed by atoms with Crippen molar-refractivity contribution >= 4 is 14.3 Å². The molecule has 1 fully saturated rings. The van der Waals surface area contributed by atoms with Crippen molar-refractivity contribution in [3.8, 4) is 0 Å². The largest absolute Gasteiger partial charge is 0.461 e. The van der Waals surface area contributed by atoms with Gasteiger partial charge in [0, 0.05) is 13.0 Å². The molecule has 2 atom stereocenters. The summed E-state index contributed by atoms with van der Waals surface area (Å²) in [6.45, 7) is 12.6. The minimum absolute atomic E-state index is 0.0725. The molecule has 0 aromatic heterocycles. The average Bonchev–Trinajstić information content (AvgIpc) is 3.23. The lowest BCUT2D eigenvalue weighted by molar-refractivity contribution is -0.145. The van der Waals surface area contributed by atoms with Gasteiger partial charge in [-0.1, -0.05) is 51.1 Å². The van der Waals surface area contributed by atoms with E-state index in [1.165, 1.54) is 0 Å². The Bertz CT molecular complexity index is 534. The molecule has 1 saturated carbocycles. The molecule has 0 radical (unpaired) electrons. The van der Waals surface area contributed by atoms with Crippen LogP contribution in [0.3, 0.4) is 0 Å². The highest BCUT2D eigenvalue weighted by Gasteiger charge is 2.40. The lowest BCUT2D eigenvalue weighted by atomic mass is 10.2. The SMILES string of the molecule is CC(C)(C)[Si](C)(C)OCC[C@H]1C[C@@H]1CC(=O)OCc1ccccc1. The quantitative estimate of drug-likeness (QED) is 0.480. The second kappa shape index (κ2) is 7.83. The second-order valence-electron chi connectivity index (χ2n) is 8.50. The van der Waals surface area contributed by atoms with E-state index in [9.17, 15) is 4.79 Å². The Hall–Kier alpha value is -1.13. The maximum atomic E-state index is 11.9. The number of carbonyl (C=O) groups is 1. The molecule has 134 valence electrons. The second-order valence-corrected chi connectivity index (χ2v) is 13.3. The van der Waals surface area contributed by atoms with Crippen LogP contribution >= 0.6 is 0 Å². The first kappa shape index (κ1) is 19.2. The number of hydrogen-bond donors (Lipinski definition) is 0. The van der Waals surface area contributed by atoms with Crippen molar-refractivity contribution in [3.63, 3.8) is 0 Å². The average molecular weight is 349 g/mol. The maximum Gasteiger partial charge on any atom is 0.306 e. The molecular formula is C20H32O3Si. The Kier molecular flexibility index (Phi) is 6.26. The van der Waals surface area contributed by atoms with Crippen LogP contribution in [-0.2, 0) is 20.6 Å². The molecule has 1 aliphatic rings. The van der Waals surface area contributed by atoms with Crippen LogP contribution in [-0.4, -0.2) is 20.9 Å². The van der Waals surface area contributed by atoms with Crippen molar-refractivity contribution in [2.24, 2.45) is 11.8 Å². The molecule has 0 N–H and O–H groups in total. The molecule has 0 heterocycles. The third-order valence-electron chi connectivity index (χ3n) is 5.50. The Morgan fingerprint density at radius 2 is 1.83 bits per heavy atom. The molecule has 1 aromatic carbocycles. The molecule has 0 unspecified atom stereocenters. The third kappa shape index (κ3) is 5.74. The summed E-state index contributed by atoms with van der Waals surface area (Å²) in [5.41, 5.74) is 1.04. The van der Waals surface area contributed by atoms with Crippen LogP contribution in [0, 0.1) is 11.8 Å². The van der Waals surface area contributed by atoms with Gasteiger partial charge in [0.15, 0.2) is 8.32 Å². The molecular weight excluding hydrogens is 316 g/mol. The first-order chi connectivity index (χ1) is 11.2. The summed E-state index contributed by atoms with van der Waals surface area (Å²) in [6.07, 6.45) is 2.77. The first-order valence-corrected chi connectivity index (χ1v) is 11.9. The molecule has 0 saturated heterocycles. The van der Waals surface area contributed by atoms with Crippen molar-refractivity contribution < 1.29 is 14.0 Å². The van der Waals surface area contributed by atoms with Gasteiger partial charge in [-0.25, -0.2) is 0 Å². The zero-order valence-electron chi connectivity index (χ0n) is 15.8. The molecule has 1 aliphatic carbocycles. The lowest BCUT2D eigenvalue weighted by Crippen LogP contribution is -2.41. The number of ether oxygens (including phenoxy) is 1. The Balaban J connectivity index is 1.61. The van der Waals surface area contributed by atoms with Gasteiger partial charge in [0.05, 0.1) is 0 Å². The van der Waals surface area contributed by atoms with E-state index >= 15 is 0 Å². The summed E-state index contributed by atoms with van der Waals surface area (Å²) in [4.78, 5) is 11.9. The molecule has 0 spiro atoms. The summed E-state index contributed by atoms with van der Waals surface area (Å²) in [5.74, 6) is 1.06. The van der Waals surface area contributed by atoms with E-state index in [1.807, 2.05) is 30.3 Å². The summed E-state index contributed by atoms with van der Waals surface area (Å²) in [5, 5.41) is 0.261. The fourth-order valence-corrected chi connectivity index (χ4v) is 3.67. The molecule has 0 aliphatic heterocycles. The number of esters is 1. The molecule has 0 bridgehead atoms. The van der Waals surface area contributed by atoms with Crippen LogP contribution in [0.5, 0.6) is 0 Å². The van der Waals surface area contributed by atoms with Crippen molar-refractivity contribution in [2.45, 2.75) is 64.8 Å². The first-order valence-electron chi connectivity index (χ1n) is 9.02. The van der Waals surface area contributed by atoms with Gasteiger partial charge < -0.3 is 9.16 Å². The van der Waals surface area contributed by atoms with Gasteiger partial charge in [-0.05, 0) is 48.4 Å². The Morgan fingerprint density at radius 3 is 2.46 bits per heavy atom. The number of rotatable bonds is 8. The Morgan fingerprint density at radius 1 is 1.17 bits per heavy atom. The van der Waals surface area contributed by atoms with E-state index in [-0.39, 0.29) is 11.0 Å². The van der Waals surface area contributed by atoms with E-state index in [2.05, 4.69) is 33.9 Å². The van der Waals surface area contributed by atoms with Crippen LogP contribution in [0.1, 0.15) is 45.6 Å². The highest BCUT2D eigenvalue weighted by Crippen LogP contribution is 2.44. The van der Waals surface area contributed by atoms with Gasteiger partial charge in [-0.2, -0.15) is 0 Å². The molecule has 3 nitrogen and oxygen atoms in total. The van der Waals surface area contributed by atoms with E-state index < -0.39 is 8.32 Å². The van der Waals surface area contributed by atoms with Crippen molar-refractivity contribution in [3.05, 3.63) is 35.9 Å². The molecule has 24 heavy (non-hydrogen) atoms. The monoisotopic (exact) mass is 348 g/mol. The van der Waals surface area contributed by atoms with E-state index in [4.69, 9.17) is 9.16 Å². The van der Waals surface area contributed by atoms with Gasteiger partial charge >= 0.3 is 5.97 Å². The summed E-state index contributed by atoms with van der Waals surface area (Å²) >= 11 is 0. The minimum atomic E-state index is -1.64. The summed E-state index contributed by atoms with van der Waals surface area (Å²) in [6, 6.07) is 9.84. The zero-order chi connectivity index (χ0) is 17.8. The molecule has 4 heteroatoms. The van der Waals surface area contributed by atoms with Gasteiger partial charge in [0.25, 0.3) is 0 Å². The fraction of sp³-hybridized carbons (Fsp3) is 0.650. The Labute approximate surface area is 147 Å². The fourth-order valence-electron chi connectivity index (χ4n) is 2.61. The molecule has 2 rings (SSSR count). The van der Waals surface area contributed by atoms with Crippen LogP contribution < -0.4 is 0 Å². The standard InChI is InChI=1S/C20H32O3Si/c1-20(2,3)24(4,5)23-12-11-17-13-18(17)14-19(21)22-15-16-9-7-6-8-10-16/h6-10,17-18H,11-15H2,1-5H3/t17-,18+/m0/s1. The third-order valence-corrected chi connectivity index (χ3v) is 10.0. The summed E-state index contributed by atoms with van der Waals surface area (Å²) < 4.78 is 11.6. The predicted molar refractivity (Wildman–Crippen MR) is 100 cm³/mol. The molecule has 1 aromatic rings. The van der Waals surface area contributed by atoms with Crippen LogP contribution in [0.25, 0.3) is 0 Å². The lowest BCUT2D eigenvalue weighted by Gasteiger charge is -2.36. The van der Waals surface area contributed by atoms with Crippen LogP contribution in [0.15, 0.2) is 30.3 Å². The normalized spacial score (nSPS) is 20.7. The number of benzene rings is 1. The van der Waals surface area contributed by atoms with Crippen molar-refractivity contribution in [1.29, 1.82) is 0 Å².